The van der Waals surface area contributed by atoms with E-state index in [1.165, 1.54) is 18.7 Å². The minimum Gasteiger partial charge on any atom is -0.480 e. The van der Waals surface area contributed by atoms with Gasteiger partial charge in [-0.25, -0.2) is 4.79 Å². The van der Waals surface area contributed by atoms with Gasteiger partial charge in [-0.05, 0) is 157 Å². The highest BCUT2D eigenvalue weighted by atomic mass is 32.2. The van der Waals surface area contributed by atoms with Crippen LogP contribution >= 0.6 is 11.8 Å². The number of guanidine groups is 4. The molecule has 658 valence electrons. The van der Waals surface area contributed by atoms with Gasteiger partial charge in [0, 0.05) is 26.2 Å². The fourth-order valence-corrected chi connectivity index (χ4v) is 12.2. The number of unbranched alkanes of at least 4 members (excludes halogenated alkanes) is 1. The van der Waals surface area contributed by atoms with Crippen molar-refractivity contribution in [2.45, 2.75) is 284 Å². The average molecular weight is 1650 g/mol. The van der Waals surface area contributed by atoms with Crippen LogP contribution in [0.3, 0.4) is 0 Å². The number of carboxylic acid groups (broad SMARTS) is 1. The van der Waals surface area contributed by atoms with Crippen molar-refractivity contribution in [3.8, 4) is 0 Å². The number of hydrogen-bond acceptors (Lipinski definition) is 20. The van der Waals surface area contributed by atoms with E-state index in [0.717, 1.165) is 0 Å². The second kappa shape index (κ2) is 57.5. The zero-order chi connectivity index (χ0) is 87.8. The van der Waals surface area contributed by atoms with E-state index in [1.54, 1.807) is 82.4 Å². The summed E-state index contributed by atoms with van der Waals surface area (Å²) in [5, 5.41) is 42.6. The molecule has 33 N–H and O–H groups in total. The van der Waals surface area contributed by atoms with Gasteiger partial charge in [0.15, 0.2) is 23.8 Å². The van der Waals surface area contributed by atoms with E-state index in [9.17, 15) is 67.4 Å². The lowest BCUT2D eigenvalue weighted by molar-refractivity contribution is -0.142. The summed E-state index contributed by atoms with van der Waals surface area (Å²) in [7, 11) is 0. The fourth-order valence-electron chi connectivity index (χ4n) is 11.8. The van der Waals surface area contributed by atoms with Gasteiger partial charge in [-0.1, -0.05) is 102 Å². The number of carboxylic acids is 1. The number of thioether (sulfide) groups is 1. The summed E-state index contributed by atoms with van der Waals surface area (Å²) in [6.07, 6.45) is 4.73. The molecule has 41 heteroatoms. The van der Waals surface area contributed by atoms with Crippen molar-refractivity contribution in [2.75, 3.05) is 44.7 Å². The maximum absolute atomic E-state index is 14.9. The van der Waals surface area contributed by atoms with Crippen molar-refractivity contribution in [1.29, 1.82) is 0 Å². The molecule has 0 radical (unpaired) electrons. The standard InChI is InChI=1S/C74H142N26O14S/c1-15-42(10)55(98-59(102)46(76)24-20-31-85-71(77)78)67(110)93-50(29-35-115-14)61(104)90-48(26-21-32-86-72(79)80)62(105)99-56(43(11)16-2)68(111)97-54(38-41(8)9)66(109)92-49(27-22-33-87-73(81)82)63(106)100-57(44(12)17-3)69(112)96-53(37-40(6)7)65(108)91-47(25-18-19-30-75)60(103)95-52(36-39(4)5)64(107)89-45(13)58(101)94-51(70(113)114)28-23-34-88-74(83)84/h39-57H,15-38,75-76H2,1-14H3,(H,89,107)(H,90,104)(H,91,108)(H,92,109)(H,93,110)(H,94,101)(H,95,103)(H,96,112)(H,97,111)(H,98,102)(H,99,105)(H,100,106)(H,113,114)(H4,77,78,85)(H4,79,80,86)(H4,81,82,87)(H4,83,84,88)/t42-,43-,44-,45-,46-,47-,48-,49-,50-,51-,52-,53-,54-,55-,56-,57-/m0/s1. The number of nitrogens with one attached hydrogen (secondary N) is 12. The predicted molar refractivity (Wildman–Crippen MR) is 447 cm³/mol. The zero-order valence-electron chi connectivity index (χ0n) is 70.2. The van der Waals surface area contributed by atoms with E-state index in [1.807, 2.05) is 6.92 Å². The van der Waals surface area contributed by atoms with E-state index in [2.05, 4.69) is 83.8 Å². The van der Waals surface area contributed by atoms with Crippen molar-refractivity contribution >= 4 is 112 Å². The van der Waals surface area contributed by atoms with Gasteiger partial charge in [0.2, 0.25) is 70.9 Å². The monoisotopic (exact) mass is 1650 g/mol. The van der Waals surface area contributed by atoms with Crippen LogP contribution in [0.15, 0.2) is 20.0 Å². The Morgan fingerprint density at radius 1 is 0.322 bits per heavy atom. The van der Waals surface area contributed by atoms with Crippen LogP contribution in [0.4, 0.5) is 0 Å². The normalized spacial score (nSPS) is 15.4. The summed E-state index contributed by atoms with van der Waals surface area (Å²) >= 11 is 1.39. The molecule has 12 amide bonds. The first-order chi connectivity index (χ1) is 54.0. The lowest BCUT2D eigenvalue weighted by Gasteiger charge is -2.31. The minimum absolute atomic E-state index is 0.00392. The van der Waals surface area contributed by atoms with E-state index in [0.29, 0.717) is 44.3 Å². The molecule has 0 aromatic heterocycles. The van der Waals surface area contributed by atoms with E-state index in [4.69, 9.17) is 57.3 Å². The van der Waals surface area contributed by atoms with Crippen molar-refractivity contribution in [2.24, 2.45) is 113 Å². The Balaban J connectivity index is 7.37. The number of aliphatic carboxylic acids is 1. The first kappa shape index (κ1) is 105. The maximum atomic E-state index is 14.9. The molecule has 0 unspecified atom stereocenters. The molecule has 0 spiro atoms. The van der Waals surface area contributed by atoms with Crippen molar-refractivity contribution < 1.29 is 67.4 Å². The summed E-state index contributed by atoms with van der Waals surface area (Å²) in [4.78, 5) is 200. The van der Waals surface area contributed by atoms with Gasteiger partial charge in [0.1, 0.15) is 72.5 Å². The highest BCUT2D eigenvalue weighted by molar-refractivity contribution is 7.98. The largest absolute Gasteiger partial charge is 0.480 e. The molecule has 0 heterocycles. The molecule has 40 nitrogen and oxygen atoms in total. The third kappa shape index (κ3) is 44.2. The number of amides is 12. The number of nitrogens with zero attached hydrogens (tertiary/aromatic N) is 4. The van der Waals surface area contributed by atoms with Gasteiger partial charge in [0.25, 0.3) is 0 Å². The average Bonchev–Trinajstić information content (AvgIpc) is 0.849. The van der Waals surface area contributed by atoms with Crippen LogP contribution < -0.4 is 121 Å². The quantitative estimate of drug-likeness (QED) is 0.0160. The lowest BCUT2D eigenvalue weighted by atomic mass is 9.95. The van der Waals surface area contributed by atoms with Crippen LogP contribution in [0.2, 0.25) is 0 Å². The van der Waals surface area contributed by atoms with Gasteiger partial charge in [-0.15, -0.1) is 0 Å². The van der Waals surface area contributed by atoms with E-state index >= 15 is 0 Å². The summed E-state index contributed by atoms with van der Waals surface area (Å²) in [6.45, 7) is 23.3. The topological polar surface area (TPSA) is 696 Å². The molecular formula is C74H142N26O14S. The number of carbonyl (C=O) groups excluding carboxylic acids is 12. The Morgan fingerprint density at radius 2 is 0.583 bits per heavy atom. The highest BCUT2D eigenvalue weighted by Crippen LogP contribution is 2.18. The Hall–Kier alpha value is -9.54. The highest BCUT2D eigenvalue weighted by Gasteiger charge is 2.39. The Bertz CT molecular complexity index is 3180. The molecule has 0 aromatic carbocycles. The van der Waals surface area contributed by atoms with Crippen LogP contribution in [-0.4, -0.2) is 229 Å². The van der Waals surface area contributed by atoms with Crippen molar-refractivity contribution in [1.82, 2.24) is 63.8 Å². The second-order valence-electron chi connectivity index (χ2n) is 30.5. The predicted octanol–water partition coefficient (Wildman–Crippen LogP) is -3.39. The zero-order valence-corrected chi connectivity index (χ0v) is 71.0. The van der Waals surface area contributed by atoms with Crippen LogP contribution in [0.5, 0.6) is 0 Å². The van der Waals surface area contributed by atoms with Crippen LogP contribution in [0.1, 0.15) is 206 Å². The molecular weight excluding hydrogens is 1510 g/mol. The Kier molecular flexibility index (Phi) is 52.7. The Labute approximate surface area is 682 Å². The van der Waals surface area contributed by atoms with Gasteiger partial charge in [0.05, 0.1) is 6.04 Å². The number of rotatable bonds is 60. The molecule has 0 aliphatic rings. The van der Waals surface area contributed by atoms with Gasteiger partial charge in [-0.3, -0.25) is 77.5 Å². The molecule has 16 atom stereocenters. The smallest absolute Gasteiger partial charge is 0.326 e. The van der Waals surface area contributed by atoms with Crippen LogP contribution in [-0.2, 0) is 62.3 Å². The first-order valence-corrected chi connectivity index (χ1v) is 41.4. The summed E-state index contributed by atoms with van der Waals surface area (Å²) in [5.74, 6) is -13.4. The third-order valence-corrected chi connectivity index (χ3v) is 19.6. The summed E-state index contributed by atoms with van der Waals surface area (Å²) in [6, 6.07) is -16.7. The van der Waals surface area contributed by atoms with E-state index in [-0.39, 0.29) is 151 Å². The SMILES string of the molecule is CC[C@H](C)[C@H](NC(=O)[C@H](CCCN=C(N)N)NC(=O)[C@H](CC(C)C)NC(=O)[C@@H](NC(=O)[C@H](CCCN=C(N)N)NC(=O)[C@H](CCSC)NC(=O)[C@@H](NC(=O)[C@@H](N)CCCN=C(N)N)[C@@H](C)CC)[C@@H](C)CC)C(=O)N[C@@H](CC(C)C)C(=O)N[C@@H](CCCCN)C(=O)N[C@@H](CC(C)C)C(=O)N[C@@H](C)C(=O)N[C@@H](CCCN=C(N)N)C(=O)O. The number of carbonyl (C=O) groups is 13. The van der Waals surface area contributed by atoms with Gasteiger partial charge >= 0.3 is 5.97 Å². The summed E-state index contributed by atoms with van der Waals surface area (Å²) in [5.41, 5.74) is 56.2. The molecule has 0 aliphatic carbocycles. The molecule has 115 heavy (non-hydrogen) atoms. The molecule has 0 aliphatic heterocycles. The second-order valence-corrected chi connectivity index (χ2v) is 31.5. The first-order valence-electron chi connectivity index (χ1n) is 40.0. The van der Waals surface area contributed by atoms with Crippen LogP contribution in [0, 0.1) is 35.5 Å². The van der Waals surface area contributed by atoms with Crippen molar-refractivity contribution in [3.63, 3.8) is 0 Å². The maximum Gasteiger partial charge on any atom is 0.326 e. The molecule has 0 rings (SSSR count). The third-order valence-electron chi connectivity index (χ3n) is 19.0. The van der Waals surface area contributed by atoms with Gasteiger partial charge in [-0.2, -0.15) is 11.8 Å². The molecule has 0 saturated carbocycles. The fraction of sp³-hybridized carbons (Fsp3) is 0.770. The minimum atomic E-state index is -1.42. The van der Waals surface area contributed by atoms with E-state index < -0.39 is 173 Å². The number of hydrogen-bond donors (Lipinski definition) is 23. The summed E-state index contributed by atoms with van der Waals surface area (Å²) < 4.78 is 0. The van der Waals surface area contributed by atoms with Crippen LogP contribution in [0.25, 0.3) is 0 Å². The molecule has 0 aromatic rings. The molecule has 0 fully saturated rings. The lowest BCUT2D eigenvalue weighted by Crippen LogP contribution is -2.62. The molecule has 0 saturated heterocycles. The Morgan fingerprint density at radius 3 is 0.896 bits per heavy atom. The number of aliphatic imine (C=N–C) groups is 4. The van der Waals surface area contributed by atoms with Gasteiger partial charge < -0.3 is 126 Å². The number of nitrogens with two attached hydrogens (primary N) is 10. The van der Waals surface area contributed by atoms with Crippen molar-refractivity contribution in [3.05, 3.63) is 0 Å². The molecule has 0 bridgehead atoms.